The molecule has 150 valence electrons. The van der Waals surface area contributed by atoms with Crippen LogP contribution in [0.2, 0.25) is 0 Å². The molecule has 3 aromatic heterocycles. The molecule has 0 aliphatic rings. The van der Waals surface area contributed by atoms with Crippen molar-refractivity contribution < 1.29 is 14.3 Å². The van der Waals surface area contributed by atoms with Crippen molar-refractivity contribution in [3.63, 3.8) is 0 Å². The van der Waals surface area contributed by atoms with Crippen LogP contribution in [-0.4, -0.2) is 25.4 Å². The van der Waals surface area contributed by atoms with Gasteiger partial charge in [0.25, 0.3) is 0 Å². The molecule has 0 amide bonds. The maximum absolute atomic E-state index is 14.1. The lowest BCUT2D eigenvalue weighted by Crippen LogP contribution is -2.09. The Morgan fingerprint density at radius 1 is 1.17 bits per heavy atom. The van der Waals surface area contributed by atoms with Crippen LogP contribution in [0.1, 0.15) is 5.69 Å². The van der Waals surface area contributed by atoms with Crippen LogP contribution in [0.3, 0.4) is 0 Å². The van der Waals surface area contributed by atoms with Gasteiger partial charge in [0.15, 0.2) is 0 Å². The predicted octanol–water partition coefficient (Wildman–Crippen LogP) is 5.46. The summed E-state index contributed by atoms with van der Waals surface area (Å²) in [6, 6.07) is 10.8. The van der Waals surface area contributed by atoms with Crippen molar-refractivity contribution in [3.05, 3.63) is 65.7 Å². The van der Waals surface area contributed by atoms with Gasteiger partial charge < -0.3 is 9.67 Å². The number of rotatable bonds is 4. The van der Waals surface area contributed by atoms with Crippen LogP contribution < -0.4 is 0 Å². The lowest BCUT2D eigenvalue weighted by molar-refractivity contribution is -0.137. The van der Waals surface area contributed by atoms with Crippen molar-refractivity contribution in [3.8, 4) is 22.3 Å². The Kier molecular flexibility index (Phi) is 4.22. The zero-order valence-electron chi connectivity index (χ0n) is 16.4. The van der Waals surface area contributed by atoms with E-state index < -0.39 is 5.97 Å². The van der Waals surface area contributed by atoms with Gasteiger partial charge in [0, 0.05) is 56.6 Å². The van der Waals surface area contributed by atoms with Gasteiger partial charge in [-0.25, -0.2) is 4.39 Å². The maximum atomic E-state index is 14.1. The number of aromatic nitrogens is 3. The first-order chi connectivity index (χ1) is 14.4. The molecule has 0 saturated carbocycles. The van der Waals surface area contributed by atoms with Crippen LogP contribution in [0.15, 0.2) is 54.2 Å². The summed E-state index contributed by atoms with van der Waals surface area (Å²) in [5.41, 5.74) is 5.54. The van der Waals surface area contributed by atoms with Gasteiger partial charge in [-0.1, -0.05) is 12.1 Å². The second-order valence-electron chi connectivity index (χ2n) is 7.36. The van der Waals surface area contributed by atoms with Crippen molar-refractivity contribution in [1.82, 2.24) is 14.3 Å². The zero-order chi connectivity index (χ0) is 21.0. The van der Waals surface area contributed by atoms with Gasteiger partial charge >= 0.3 is 5.97 Å². The number of benzene rings is 2. The topological polar surface area (TPSA) is 60.0 Å². The van der Waals surface area contributed by atoms with Crippen molar-refractivity contribution in [2.75, 3.05) is 0 Å². The molecule has 0 unspecified atom stereocenters. The van der Waals surface area contributed by atoms with Crippen LogP contribution >= 0.6 is 11.3 Å². The van der Waals surface area contributed by atoms with E-state index in [9.17, 15) is 14.3 Å². The second-order valence-corrected chi connectivity index (χ2v) is 8.28. The molecule has 0 spiro atoms. The molecule has 0 aliphatic heterocycles. The fraction of sp³-hybridized carbons (Fsp3) is 0.130. The molecule has 5 rings (SSSR count). The van der Waals surface area contributed by atoms with Gasteiger partial charge in [-0.3, -0.25) is 9.48 Å². The Labute approximate surface area is 175 Å². The summed E-state index contributed by atoms with van der Waals surface area (Å²) < 4.78 is 18.7. The summed E-state index contributed by atoms with van der Waals surface area (Å²) in [5.74, 6) is -1.27. The highest BCUT2D eigenvalue weighted by Crippen LogP contribution is 2.42. The highest BCUT2D eigenvalue weighted by Gasteiger charge is 2.20. The summed E-state index contributed by atoms with van der Waals surface area (Å²) >= 11 is 1.62. The van der Waals surface area contributed by atoms with E-state index in [-0.39, 0.29) is 12.4 Å². The number of fused-ring (bicyclic) bond motifs is 2. The molecule has 1 N–H and O–H groups in total. The molecule has 5 aromatic rings. The van der Waals surface area contributed by atoms with Crippen LogP contribution in [0.4, 0.5) is 4.39 Å². The van der Waals surface area contributed by atoms with Crippen LogP contribution in [0, 0.1) is 12.7 Å². The summed E-state index contributed by atoms with van der Waals surface area (Å²) in [4.78, 5) is 11.4. The first-order valence-electron chi connectivity index (χ1n) is 9.43. The number of aryl methyl sites for hydroxylation is 1. The monoisotopic (exact) mass is 419 g/mol. The van der Waals surface area contributed by atoms with Crippen molar-refractivity contribution in [1.29, 1.82) is 0 Å². The molecule has 3 heterocycles. The largest absolute Gasteiger partial charge is 0.480 e. The molecule has 7 heteroatoms. The fourth-order valence-electron chi connectivity index (χ4n) is 4.11. The van der Waals surface area contributed by atoms with Crippen molar-refractivity contribution >= 4 is 38.3 Å². The smallest absolute Gasteiger partial charge is 0.323 e. The lowest BCUT2D eigenvalue weighted by Gasteiger charge is -2.05. The number of hydrogen-bond donors (Lipinski definition) is 1. The minimum absolute atomic E-state index is 0.165. The normalized spacial score (nSPS) is 11.6. The van der Waals surface area contributed by atoms with Crippen LogP contribution in [0.25, 0.3) is 43.2 Å². The van der Waals surface area contributed by atoms with E-state index in [1.165, 1.54) is 12.1 Å². The predicted molar refractivity (Wildman–Crippen MR) is 117 cm³/mol. The highest BCUT2D eigenvalue weighted by molar-refractivity contribution is 7.17. The van der Waals surface area contributed by atoms with Gasteiger partial charge in [-0.2, -0.15) is 5.10 Å². The average molecular weight is 419 g/mol. The number of aliphatic carboxylic acids is 1. The van der Waals surface area contributed by atoms with Gasteiger partial charge in [0.2, 0.25) is 0 Å². The third kappa shape index (κ3) is 2.90. The van der Waals surface area contributed by atoms with Crippen LogP contribution in [-0.2, 0) is 18.4 Å². The number of carboxylic acids is 1. The van der Waals surface area contributed by atoms with Gasteiger partial charge in [0.1, 0.15) is 12.4 Å². The molecule has 0 aliphatic carbocycles. The molecular formula is C23H18FN3O2S. The molecule has 0 saturated heterocycles. The molecule has 0 bridgehead atoms. The number of carbonyl (C=O) groups is 1. The number of hydrogen-bond acceptors (Lipinski definition) is 3. The second kappa shape index (κ2) is 6.81. The Morgan fingerprint density at radius 3 is 2.73 bits per heavy atom. The minimum Gasteiger partial charge on any atom is -0.480 e. The zero-order valence-corrected chi connectivity index (χ0v) is 17.2. The minimum atomic E-state index is -0.929. The summed E-state index contributed by atoms with van der Waals surface area (Å²) in [7, 11) is 1.89. The van der Waals surface area contributed by atoms with Gasteiger partial charge in [-0.15, -0.1) is 11.3 Å². The Hall–Kier alpha value is -3.45. The van der Waals surface area contributed by atoms with E-state index in [0.29, 0.717) is 0 Å². The van der Waals surface area contributed by atoms with Gasteiger partial charge in [0.05, 0.1) is 6.20 Å². The van der Waals surface area contributed by atoms with E-state index >= 15 is 0 Å². The maximum Gasteiger partial charge on any atom is 0.323 e. The van der Waals surface area contributed by atoms with Crippen LogP contribution in [0.5, 0.6) is 0 Å². The Balaban J connectivity index is 1.73. The lowest BCUT2D eigenvalue weighted by atomic mass is 10.00. The molecule has 0 radical (unpaired) electrons. The van der Waals surface area contributed by atoms with E-state index in [0.717, 1.165) is 48.9 Å². The molecular weight excluding hydrogens is 401 g/mol. The highest BCUT2D eigenvalue weighted by atomic mass is 32.1. The molecule has 0 fully saturated rings. The molecule has 2 aromatic carbocycles. The molecule has 0 atom stereocenters. The molecule has 30 heavy (non-hydrogen) atoms. The number of thiophene rings is 1. The summed E-state index contributed by atoms with van der Waals surface area (Å²) in [6.07, 6.45) is 3.81. The number of nitrogens with zero attached hydrogens (tertiary/aromatic N) is 3. The number of carboxylic acid groups (broad SMARTS) is 1. The third-order valence-corrected chi connectivity index (χ3v) is 6.41. The van der Waals surface area contributed by atoms with E-state index in [1.54, 1.807) is 26.7 Å². The standard InChI is InChI=1S/C23H18FN3O2S/c1-13-23(18-8-16(24)4-6-20(18)27(13)11-22(28)29)19-12-30-21-7-14(3-5-17(19)21)15-9-25-26(2)10-15/h3-10,12H,11H2,1-2H3,(H,28,29). The SMILES string of the molecule is Cc1c(-c2csc3cc(-c4cnn(C)c4)ccc23)c2cc(F)ccc2n1CC(=O)O. The van der Waals surface area contributed by atoms with Gasteiger partial charge in [-0.05, 0) is 42.1 Å². The van der Waals surface area contributed by atoms with Crippen molar-refractivity contribution in [2.24, 2.45) is 7.05 Å². The summed E-state index contributed by atoms with van der Waals surface area (Å²) in [5, 5.41) is 17.5. The fourth-order valence-corrected chi connectivity index (χ4v) is 5.09. The first-order valence-corrected chi connectivity index (χ1v) is 10.3. The molecule has 5 nitrogen and oxygen atoms in total. The summed E-state index contributed by atoms with van der Waals surface area (Å²) in [6.45, 7) is 1.73. The van der Waals surface area contributed by atoms with E-state index in [4.69, 9.17) is 0 Å². The third-order valence-electron chi connectivity index (χ3n) is 5.46. The Morgan fingerprint density at radius 2 is 2.00 bits per heavy atom. The Bertz CT molecular complexity index is 1440. The van der Waals surface area contributed by atoms with E-state index in [1.807, 2.05) is 26.4 Å². The average Bonchev–Trinajstić information content (AvgIpc) is 3.38. The first kappa shape index (κ1) is 18.6. The van der Waals surface area contributed by atoms with E-state index in [2.05, 4.69) is 28.7 Å². The van der Waals surface area contributed by atoms with Crippen molar-refractivity contribution in [2.45, 2.75) is 13.5 Å². The number of halogens is 1. The quantitative estimate of drug-likeness (QED) is 0.421.